The van der Waals surface area contributed by atoms with Crippen molar-refractivity contribution in [2.24, 2.45) is 5.73 Å². The first-order valence-corrected chi connectivity index (χ1v) is 6.50. The Kier molecular flexibility index (Phi) is 4.15. The smallest absolute Gasteiger partial charge is 0.170 e. The van der Waals surface area contributed by atoms with Crippen LogP contribution in [0.3, 0.4) is 0 Å². The third-order valence-electron chi connectivity index (χ3n) is 3.13. The number of nitrogens with zero attached hydrogens (tertiary/aromatic N) is 1. The number of hydrogen-bond acceptors (Lipinski definition) is 3. The van der Waals surface area contributed by atoms with E-state index in [4.69, 9.17) is 10.3 Å². The first-order valence-electron chi connectivity index (χ1n) is 6.50. The largest absolute Gasteiger partial charge is 0.356 e. The normalized spacial score (nSPS) is 10.8. The Morgan fingerprint density at radius 3 is 2.50 bits per heavy atom. The predicted molar refractivity (Wildman–Crippen MR) is 73.4 cm³/mol. The molecule has 0 unspecified atom stereocenters. The maximum atomic E-state index is 5.63. The summed E-state index contributed by atoms with van der Waals surface area (Å²) in [6.07, 6.45) is 3.09. The van der Waals surface area contributed by atoms with Crippen molar-refractivity contribution < 1.29 is 4.52 Å². The van der Waals surface area contributed by atoms with Crippen molar-refractivity contribution in [2.45, 2.75) is 33.1 Å². The average molecular weight is 244 g/mol. The second-order valence-electron chi connectivity index (χ2n) is 4.56. The zero-order valence-electron chi connectivity index (χ0n) is 11.1. The molecule has 1 aromatic heterocycles. The quantitative estimate of drug-likeness (QED) is 0.879. The molecule has 0 spiro atoms. The fourth-order valence-electron chi connectivity index (χ4n) is 2.17. The number of nitrogens with two attached hydrogens (primary N) is 1. The molecule has 0 radical (unpaired) electrons. The minimum atomic E-state index is 0.614. The Labute approximate surface area is 108 Å². The molecule has 0 aliphatic heterocycles. The standard InChI is InChI=1S/C15H20N2O/c1-3-4-12-5-7-13(8-6-12)15-14(9-10-16)11(2)17-18-15/h5-8H,3-4,9-10,16H2,1-2H3. The topological polar surface area (TPSA) is 52.0 Å². The zero-order valence-corrected chi connectivity index (χ0v) is 11.1. The molecule has 1 heterocycles. The highest BCUT2D eigenvalue weighted by Crippen LogP contribution is 2.26. The first kappa shape index (κ1) is 12.8. The molecule has 3 nitrogen and oxygen atoms in total. The van der Waals surface area contributed by atoms with Crippen molar-refractivity contribution in [1.82, 2.24) is 5.16 Å². The molecule has 18 heavy (non-hydrogen) atoms. The Morgan fingerprint density at radius 2 is 1.89 bits per heavy atom. The summed E-state index contributed by atoms with van der Waals surface area (Å²) < 4.78 is 5.43. The van der Waals surface area contributed by atoms with E-state index >= 15 is 0 Å². The molecule has 2 aromatic rings. The van der Waals surface area contributed by atoms with Crippen molar-refractivity contribution in [3.05, 3.63) is 41.1 Å². The predicted octanol–water partition coefficient (Wildman–Crippen LogP) is 3.10. The highest BCUT2D eigenvalue weighted by atomic mass is 16.5. The molecule has 0 saturated heterocycles. The molecule has 0 aliphatic rings. The van der Waals surface area contributed by atoms with E-state index in [2.05, 4.69) is 36.3 Å². The van der Waals surface area contributed by atoms with Gasteiger partial charge in [-0.25, -0.2) is 0 Å². The maximum Gasteiger partial charge on any atom is 0.170 e. The van der Waals surface area contributed by atoms with Crippen molar-refractivity contribution in [3.8, 4) is 11.3 Å². The molecule has 3 heteroatoms. The summed E-state index contributed by atoms with van der Waals surface area (Å²) >= 11 is 0. The van der Waals surface area contributed by atoms with Crippen molar-refractivity contribution in [1.29, 1.82) is 0 Å². The lowest BCUT2D eigenvalue weighted by molar-refractivity contribution is 0.426. The van der Waals surface area contributed by atoms with Gasteiger partial charge in [-0.15, -0.1) is 0 Å². The average Bonchev–Trinajstić information content (AvgIpc) is 2.73. The second-order valence-corrected chi connectivity index (χ2v) is 4.56. The summed E-state index contributed by atoms with van der Waals surface area (Å²) in [5.74, 6) is 0.862. The molecule has 2 N–H and O–H groups in total. The van der Waals surface area contributed by atoms with Gasteiger partial charge in [0, 0.05) is 11.1 Å². The molecule has 0 saturated carbocycles. The van der Waals surface area contributed by atoms with E-state index in [0.29, 0.717) is 6.54 Å². The fraction of sp³-hybridized carbons (Fsp3) is 0.400. The minimum Gasteiger partial charge on any atom is -0.356 e. The minimum absolute atomic E-state index is 0.614. The van der Waals surface area contributed by atoms with E-state index in [1.54, 1.807) is 0 Å². The van der Waals surface area contributed by atoms with Crippen LogP contribution in [0, 0.1) is 6.92 Å². The maximum absolute atomic E-state index is 5.63. The van der Waals surface area contributed by atoms with E-state index < -0.39 is 0 Å². The Bertz CT molecular complexity index is 500. The molecule has 96 valence electrons. The van der Waals surface area contributed by atoms with Gasteiger partial charge in [-0.3, -0.25) is 0 Å². The van der Waals surface area contributed by atoms with E-state index in [9.17, 15) is 0 Å². The number of benzene rings is 1. The van der Waals surface area contributed by atoms with Crippen LogP contribution in [0.25, 0.3) is 11.3 Å². The van der Waals surface area contributed by atoms with Crippen LogP contribution in [-0.4, -0.2) is 11.7 Å². The van der Waals surface area contributed by atoms with Gasteiger partial charge in [0.1, 0.15) is 0 Å². The molecule has 0 atom stereocenters. The van der Waals surface area contributed by atoms with Gasteiger partial charge >= 0.3 is 0 Å². The van der Waals surface area contributed by atoms with Crippen LogP contribution in [0.4, 0.5) is 0 Å². The molecule has 0 amide bonds. The van der Waals surface area contributed by atoms with E-state index in [-0.39, 0.29) is 0 Å². The van der Waals surface area contributed by atoms with E-state index in [0.717, 1.165) is 35.4 Å². The van der Waals surface area contributed by atoms with Crippen LogP contribution in [0.15, 0.2) is 28.8 Å². The van der Waals surface area contributed by atoms with Crippen molar-refractivity contribution >= 4 is 0 Å². The van der Waals surface area contributed by atoms with Gasteiger partial charge in [-0.1, -0.05) is 42.8 Å². The lowest BCUT2D eigenvalue weighted by Gasteiger charge is -2.03. The molecule has 2 rings (SSSR count). The summed E-state index contributed by atoms with van der Waals surface area (Å²) in [5.41, 5.74) is 10.1. The summed E-state index contributed by atoms with van der Waals surface area (Å²) in [4.78, 5) is 0. The third-order valence-corrected chi connectivity index (χ3v) is 3.13. The highest BCUT2D eigenvalue weighted by molar-refractivity contribution is 5.62. The molecular weight excluding hydrogens is 224 g/mol. The van der Waals surface area contributed by atoms with Gasteiger partial charge in [-0.05, 0) is 31.9 Å². The fourth-order valence-corrected chi connectivity index (χ4v) is 2.17. The van der Waals surface area contributed by atoms with Gasteiger partial charge in [0.2, 0.25) is 0 Å². The van der Waals surface area contributed by atoms with Gasteiger partial charge < -0.3 is 10.3 Å². The summed E-state index contributed by atoms with van der Waals surface area (Å²) in [6.45, 7) is 4.76. The van der Waals surface area contributed by atoms with Crippen molar-refractivity contribution in [3.63, 3.8) is 0 Å². The van der Waals surface area contributed by atoms with Crippen LogP contribution in [-0.2, 0) is 12.8 Å². The van der Waals surface area contributed by atoms with Gasteiger partial charge in [-0.2, -0.15) is 0 Å². The van der Waals surface area contributed by atoms with Crippen molar-refractivity contribution in [2.75, 3.05) is 6.54 Å². The summed E-state index contributed by atoms with van der Waals surface area (Å²) in [7, 11) is 0. The Balaban J connectivity index is 2.30. The molecule has 1 aromatic carbocycles. The molecule has 0 aliphatic carbocycles. The van der Waals surface area contributed by atoms with Gasteiger partial charge in [0.15, 0.2) is 5.76 Å². The summed E-state index contributed by atoms with van der Waals surface area (Å²) in [6, 6.07) is 8.52. The van der Waals surface area contributed by atoms with Crippen LogP contribution >= 0.6 is 0 Å². The SMILES string of the molecule is CCCc1ccc(-c2onc(C)c2CCN)cc1. The molecule has 0 fully saturated rings. The number of hydrogen-bond donors (Lipinski definition) is 1. The van der Waals surface area contributed by atoms with E-state index in [1.165, 1.54) is 12.0 Å². The molecular formula is C15H20N2O. The monoisotopic (exact) mass is 244 g/mol. The number of rotatable bonds is 5. The van der Waals surface area contributed by atoms with Crippen LogP contribution < -0.4 is 5.73 Å². The van der Waals surface area contributed by atoms with Crippen LogP contribution in [0.1, 0.15) is 30.2 Å². The van der Waals surface area contributed by atoms with Gasteiger partial charge in [0.05, 0.1) is 5.69 Å². The second kappa shape index (κ2) is 5.83. The Hall–Kier alpha value is -1.61. The number of aryl methyl sites for hydroxylation is 2. The lowest BCUT2D eigenvalue weighted by Crippen LogP contribution is -2.04. The highest BCUT2D eigenvalue weighted by Gasteiger charge is 2.13. The van der Waals surface area contributed by atoms with Crippen LogP contribution in [0.2, 0.25) is 0 Å². The van der Waals surface area contributed by atoms with Crippen LogP contribution in [0.5, 0.6) is 0 Å². The summed E-state index contributed by atoms with van der Waals surface area (Å²) in [5, 5.41) is 4.04. The Morgan fingerprint density at radius 1 is 1.17 bits per heavy atom. The van der Waals surface area contributed by atoms with E-state index in [1.807, 2.05) is 6.92 Å². The molecule has 0 bridgehead atoms. The zero-order chi connectivity index (χ0) is 13.0. The number of aromatic nitrogens is 1. The third kappa shape index (κ3) is 2.62. The lowest BCUT2D eigenvalue weighted by atomic mass is 10.0. The van der Waals surface area contributed by atoms with Gasteiger partial charge in [0.25, 0.3) is 0 Å². The first-order chi connectivity index (χ1) is 8.76.